The van der Waals surface area contributed by atoms with Crippen LogP contribution in [0.1, 0.15) is 23.7 Å². The van der Waals surface area contributed by atoms with Gasteiger partial charge < -0.3 is 15.2 Å². The number of ether oxygens (including phenoxy) is 2. The van der Waals surface area contributed by atoms with Crippen molar-refractivity contribution < 1.29 is 14.3 Å². The van der Waals surface area contributed by atoms with Crippen LogP contribution in [0.4, 0.5) is 5.69 Å². The van der Waals surface area contributed by atoms with Crippen LogP contribution in [0.2, 0.25) is 5.02 Å². The molecule has 0 heterocycles. The smallest absolute Gasteiger partial charge is 0.341 e. The number of benzene rings is 1. The maximum absolute atomic E-state index is 11.7. The van der Waals surface area contributed by atoms with Gasteiger partial charge in [-0.05, 0) is 18.6 Å². The molecular formula is C11H14ClNO3. The highest BCUT2D eigenvalue weighted by Gasteiger charge is 2.18. The molecular weight excluding hydrogens is 230 g/mol. The van der Waals surface area contributed by atoms with Gasteiger partial charge in [0.25, 0.3) is 0 Å². The van der Waals surface area contributed by atoms with Gasteiger partial charge >= 0.3 is 5.97 Å². The molecule has 88 valence electrons. The molecule has 16 heavy (non-hydrogen) atoms. The molecule has 0 radical (unpaired) electrons. The van der Waals surface area contributed by atoms with Crippen LogP contribution in [-0.2, 0) is 4.74 Å². The lowest BCUT2D eigenvalue weighted by Crippen LogP contribution is -2.10. The first-order chi connectivity index (χ1) is 7.61. The molecule has 0 bridgehead atoms. The normalized spacial score (nSPS) is 9.94. The van der Waals surface area contributed by atoms with Gasteiger partial charge in [-0.2, -0.15) is 0 Å². The maximum atomic E-state index is 11.7. The van der Waals surface area contributed by atoms with Gasteiger partial charge in [-0.1, -0.05) is 18.5 Å². The van der Waals surface area contributed by atoms with Crippen LogP contribution in [0.25, 0.3) is 0 Å². The number of rotatable bonds is 4. The van der Waals surface area contributed by atoms with Crippen LogP contribution in [0.15, 0.2) is 12.1 Å². The van der Waals surface area contributed by atoms with Crippen molar-refractivity contribution in [2.24, 2.45) is 0 Å². The summed E-state index contributed by atoms with van der Waals surface area (Å²) >= 11 is 5.90. The molecule has 0 saturated heterocycles. The lowest BCUT2D eigenvalue weighted by Gasteiger charge is -2.11. The fourth-order valence-corrected chi connectivity index (χ4v) is 1.47. The number of carbonyl (C=O) groups excluding carboxylic acids is 1. The van der Waals surface area contributed by atoms with Gasteiger partial charge in [0.15, 0.2) is 0 Å². The maximum Gasteiger partial charge on any atom is 0.341 e. The van der Waals surface area contributed by atoms with Crippen molar-refractivity contribution in [2.75, 3.05) is 19.5 Å². The predicted octanol–water partition coefficient (Wildman–Crippen LogP) is 2.50. The molecule has 0 aliphatic carbocycles. The molecule has 0 aliphatic rings. The third kappa shape index (κ3) is 2.58. The van der Waals surface area contributed by atoms with Gasteiger partial charge in [0.2, 0.25) is 0 Å². The van der Waals surface area contributed by atoms with Gasteiger partial charge in [-0.25, -0.2) is 4.79 Å². The van der Waals surface area contributed by atoms with Gasteiger partial charge in [0.1, 0.15) is 11.3 Å². The molecule has 4 nitrogen and oxygen atoms in total. The lowest BCUT2D eigenvalue weighted by molar-refractivity contribution is 0.0506. The first-order valence-electron chi connectivity index (χ1n) is 4.90. The van der Waals surface area contributed by atoms with E-state index in [0.29, 0.717) is 12.4 Å². The Bertz CT molecular complexity index is 393. The molecule has 0 unspecified atom stereocenters. The van der Waals surface area contributed by atoms with Crippen LogP contribution in [0.3, 0.4) is 0 Å². The van der Waals surface area contributed by atoms with Crippen molar-refractivity contribution in [2.45, 2.75) is 13.3 Å². The van der Waals surface area contributed by atoms with E-state index < -0.39 is 5.97 Å². The highest BCUT2D eigenvalue weighted by atomic mass is 35.5. The van der Waals surface area contributed by atoms with E-state index in [9.17, 15) is 4.79 Å². The number of hydrogen-bond acceptors (Lipinski definition) is 4. The minimum Gasteiger partial charge on any atom is -0.495 e. The topological polar surface area (TPSA) is 61.5 Å². The minimum atomic E-state index is -0.525. The monoisotopic (exact) mass is 243 g/mol. The second-order valence-corrected chi connectivity index (χ2v) is 3.58. The average Bonchev–Trinajstić information content (AvgIpc) is 2.26. The summed E-state index contributed by atoms with van der Waals surface area (Å²) in [5.41, 5.74) is 6.12. The van der Waals surface area contributed by atoms with Crippen LogP contribution >= 0.6 is 11.6 Å². The molecule has 2 N–H and O–H groups in total. The predicted molar refractivity (Wildman–Crippen MR) is 63.0 cm³/mol. The van der Waals surface area contributed by atoms with Gasteiger partial charge in [0.05, 0.1) is 24.4 Å². The second kappa shape index (κ2) is 5.61. The third-order valence-electron chi connectivity index (χ3n) is 2.02. The Morgan fingerprint density at radius 2 is 2.19 bits per heavy atom. The Labute approximate surface area is 99.3 Å². The first kappa shape index (κ1) is 12.6. The quantitative estimate of drug-likeness (QED) is 0.652. The van der Waals surface area contributed by atoms with Crippen LogP contribution in [0.5, 0.6) is 5.75 Å². The number of halogens is 1. The van der Waals surface area contributed by atoms with Crippen molar-refractivity contribution in [1.29, 1.82) is 0 Å². The Hall–Kier alpha value is -1.42. The van der Waals surface area contributed by atoms with Crippen LogP contribution in [-0.4, -0.2) is 19.7 Å². The zero-order valence-corrected chi connectivity index (χ0v) is 10.0. The van der Waals surface area contributed by atoms with Crippen molar-refractivity contribution in [3.63, 3.8) is 0 Å². The van der Waals surface area contributed by atoms with Crippen molar-refractivity contribution in [1.82, 2.24) is 0 Å². The van der Waals surface area contributed by atoms with E-state index in [4.69, 9.17) is 26.8 Å². The highest BCUT2D eigenvalue weighted by Crippen LogP contribution is 2.31. The Balaban J connectivity index is 3.06. The summed E-state index contributed by atoms with van der Waals surface area (Å²) < 4.78 is 9.98. The molecule has 1 aromatic carbocycles. The Morgan fingerprint density at radius 3 is 2.75 bits per heavy atom. The van der Waals surface area contributed by atoms with E-state index in [1.165, 1.54) is 7.11 Å². The Kier molecular flexibility index (Phi) is 4.43. The molecule has 0 fully saturated rings. The number of methoxy groups -OCH3 is 1. The molecule has 0 amide bonds. The summed E-state index contributed by atoms with van der Waals surface area (Å²) in [5.74, 6) is -0.115. The van der Waals surface area contributed by atoms with Gasteiger partial charge in [-0.3, -0.25) is 0 Å². The third-order valence-corrected chi connectivity index (χ3v) is 2.33. The molecule has 0 spiro atoms. The number of nitrogen functional groups attached to an aromatic ring is 1. The molecule has 0 saturated carbocycles. The van der Waals surface area contributed by atoms with E-state index >= 15 is 0 Å². The first-order valence-corrected chi connectivity index (χ1v) is 5.28. The van der Waals surface area contributed by atoms with E-state index in [-0.39, 0.29) is 16.3 Å². The van der Waals surface area contributed by atoms with Gasteiger partial charge in [-0.15, -0.1) is 0 Å². The van der Waals surface area contributed by atoms with Crippen LogP contribution in [0, 0.1) is 0 Å². The number of anilines is 1. The van der Waals surface area contributed by atoms with Gasteiger partial charge in [0, 0.05) is 0 Å². The standard InChI is InChI=1S/C11H14ClNO3/c1-3-6-16-11(14)9-7(12)4-5-8(15-2)10(9)13/h4-5H,3,6,13H2,1-2H3. The summed E-state index contributed by atoms with van der Waals surface area (Å²) in [7, 11) is 1.47. The molecule has 1 rings (SSSR count). The average molecular weight is 244 g/mol. The summed E-state index contributed by atoms with van der Waals surface area (Å²) in [6, 6.07) is 3.16. The van der Waals surface area contributed by atoms with Crippen molar-refractivity contribution in [3.05, 3.63) is 22.7 Å². The van der Waals surface area contributed by atoms with Crippen molar-refractivity contribution in [3.8, 4) is 5.75 Å². The summed E-state index contributed by atoms with van der Waals surface area (Å²) in [6.45, 7) is 2.25. The van der Waals surface area contributed by atoms with Crippen molar-refractivity contribution >= 4 is 23.3 Å². The second-order valence-electron chi connectivity index (χ2n) is 3.17. The number of carbonyl (C=O) groups is 1. The summed E-state index contributed by atoms with van der Waals surface area (Å²) in [5, 5.41) is 0.263. The fourth-order valence-electron chi connectivity index (χ4n) is 1.23. The number of nitrogens with two attached hydrogens (primary N) is 1. The zero-order chi connectivity index (χ0) is 12.1. The van der Waals surface area contributed by atoms with E-state index in [2.05, 4.69) is 0 Å². The highest BCUT2D eigenvalue weighted by molar-refractivity contribution is 6.34. The van der Waals surface area contributed by atoms with E-state index in [1.54, 1.807) is 12.1 Å². The molecule has 5 heteroatoms. The molecule has 0 atom stereocenters. The summed E-state index contributed by atoms with van der Waals surface area (Å²) in [4.78, 5) is 11.7. The largest absolute Gasteiger partial charge is 0.495 e. The van der Waals surface area contributed by atoms with E-state index in [1.807, 2.05) is 6.92 Å². The fraction of sp³-hybridized carbons (Fsp3) is 0.364. The molecule has 0 aliphatic heterocycles. The van der Waals surface area contributed by atoms with E-state index in [0.717, 1.165) is 6.42 Å². The SMILES string of the molecule is CCCOC(=O)c1c(Cl)ccc(OC)c1N. The minimum absolute atomic E-state index is 0.162. The molecule has 0 aromatic heterocycles. The number of esters is 1. The molecule has 1 aromatic rings. The van der Waals surface area contributed by atoms with Crippen LogP contribution < -0.4 is 10.5 Å². The lowest BCUT2D eigenvalue weighted by atomic mass is 10.1. The zero-order valence-electron chi connectivity index (χ0n) is 9.25. The Morgan fingerprint density at radius 1 is 1.50 bits per heavy atom. The number of hydrogen-bond donors (Lipinski definition) is 1. The summed E-state index contributed by atoms with van der Waals surface area (Å²) in [6.07, 6.45) is 0.743.